The lowest BCUT2D eigenvalue weighted by Gasteiger charge is -2.40. The first-order chi connectivity index (χ1) is 4.95. The second kappa shape index (κ2) is 2.63. The van der Waals surface area contributed by atoms with Gasteiger partial charge in [0, 0.05) is 0 Å². The van der Waals surface area contributed by atoms with Crippen molar-refractivity contribution in [3.05, 3.63) is 12.2 Å². The van der Waals surface area contributed by atoms with Gasteiger partial charge in [-0.15, -0.1) is 0 Å². The zero-order chi connectivity index (χ0) is 8.65. The van der Waals surface area contributed by atoms with Crippen LogP contribution in [0.4, 0.5) is 0 Å². The summed E-state index contributed by atoms with van der Waals surface area (Å²) in [6.07, 6.45) is 1.74. The predicted molar refractivity (Wildman–Crippen MR) is 47.3 cm³/mol. The minimum Gasteiger partial charge on any atom is -0.389 e. The molecule has 0 bridgehead atoms. The zero-order valence-corrected chi connectivity index (χ0v) is 7.72. The van der Waals surface area contributed by atoms with Gasteiger partial charge in [0.2, 0.25) is 0 Å². The molecular weight excluding hydrogens is 136 g/mol. The van der Waals surface area contributed by atoms with Gasteiger partial charge in [0.25, 0.3) is 0 Å². The molecule has 1 N–H and O–H groups in total. The predicted octanol–water partition coefficient (Wildman–Crippen LogP) is 2.36. The molecule has 2 atom stereocenters. The van der Waals surface area contributed by atoms with Crippen LogP contribution in [0.1, 0.15) is 33.6 Å². The first-order valence-electron chi connectivity index (χ1n) is 4.32. The van der Waals surface area contributed by atoms with Crippen molar-refractivity contribution in [1.82, 2.24) is 0 Å². The van der Waals surface area contributed by atoms with E-state index in [1.165, 1.54) is 0 Å². The fraction of sp³-hybridized carbons (Fsp3) is 0.800. The van der Waals surface area contributed by atoms with Crippen LogP contribution < -0.4 is 0 Å². The molecule has 11 heavy (non-hydrogen) atoms. The Morgan fingerprint density at radius 1 is 1.55 bits per heavy atom. The summed E-state index contributed by atoms with van der Waals surface area (Å²) < 4.78 is 0. The van der Waals surface area contributed by atoms with Gasteiger partial charge in [-0.05, 0) is 29.7 Å². The number of aliphatic hydroxyl groups is 1. The molecule has 1 aliphatic rings. The second-order valence-electron chi connectivity index (χ2n) is 4.34. The van der Waals surface area contributed by atoms with Gasteiger partial charge in [0.15, 0.2) is 0 Å². The topological polar surface area (TPSA) is 20.2 Å². The Morgan fingerprint density at radius 3 is 2.55 bits per heavy atom. The quantitative estimate of drug-likeness (QED) is 0.531. The third kappa shape index (κ3) is 1.48. The third-order valence-electron chi connectivity index (χ3n) is 3.22. The molecule has 1 fully saturated rings. The number of rotatable bonds is 0. The second-order valence-corrected chi connectivity index (χ2v) is 4.34. The molecule has 1 nitrogen and oxygen atoms in total. The monoisotopic (exact) mass is 154 g/mol. The van der Waals surface area contributed by atoms with Crippen molar-refractivity contribution in [3.8, 4) is 0 Å². The van der Waals surface area contributed by atoms with Crippen LogP contribution in [0.2, 0.25) is 0 Å². The Balaban J connectivity index is 2.75. The Hall–Kier alpha value is -0.300. The molecule has 64 valence electrons. The molecule has 0 aliphatic heterocycles. The van der Waals surface area contributed by atoms with E-state index in [0.717, 1.165) is 18.4 Å². The van der Waals surface area contributed by atoms with Crippen LogP contribution in [0.15, 0.2) is 12.2 Å². The zero-order valence-electron chi connectivity index (χ0n) is 7.72. The SMILES string of the molecule is C=C1[C@H](O)CCC(C)(C)[C@H]1C. The normalized spacial score (nSPS) is 37.3. The minimum atomic E-state index is -0.252. The summed E-state index contributed by atoms with van der Waals surface area (Å²) in [5.41, 5.74) is 1.34. The highest BCUT2D eigenvalue weighted by Gasteiger charge is 2.35. The van der Waals surface area contributed by atoms with Crippen LogP contribution in [0, 0.1) is 11.3 Å². The molecule has 1 aliphatic carbocycles. The summed E-state index contributed by atoms with van der Waals surface area (Å²) in [5.74, 6) is 0.450. The van der Waals surface area contributed by atoms with E-state index in [4.69, 9.17) is 0 Å². The van der Waals surface area contributed by atoms with Gasteiger partial charge < -0.3 is 5.11 Å². The van der Waals surface area contributed by atoms with Crippen molar-refractivity contribution in [1.29, 1.82) is 0 Å². The summed E-state index contributed by atoms with van der Waals surface area (Å²) in [4.78, 5) is 0. The maximum Gasteiger partial charge on any atom is 0.0750 e. The van der Waals surface area contributed by atoms with E-state index in [1.807, 2.05) is 0 Å². The van der Waals surface area contributed by atoms with Crippen molar-refractivity contribution in [2.24, 2.45) is 11.3 Å². The molecule has 0 spiro atoms. The smallest absolute Gasteiger partial charge is 0.0750 e. The molecule has 0 saturated heterocycles. The lowest BCUT2D eigenvalue weighted by atomic mass is 9.67. The molecule has 1 heteroatoms. The van der Waals surface area contributed by atoms with E-state index in [-0.39, 0.29) is 6.10 Å². The van der Waals surface area contributed by atoms with Gasteiger partial charge >= 0.3 is 0 Å². The van der Waals surface area contributed by atoms with Crippen molar-refractivity contribution in [2.75, 3.05) is 0 Å². The standard InChI is InChI=1S/C10H18O/c1-7-8(2)10(3,4)6-5-9(7)11/h8-9,11H,1,5-6H2,2-4H3/t8-,9+/m0/s1. The summed E-state index contributed by atoms with van der Waals surface area (Å²) in [6.45, 7) is 10.6. The molecule has 1 saturated carbocycles. The third-order valence-corrected chi connectivity index (χ3v) is 3.22. The van der Waals surface area contributed by atoms with Crippen molar-refractivity contribution < 1.29 is 5.11 Å². The van der Waals surface area contributed by atoms with Gasteiger partial charge in [-0.1, -0.05) is 27.4 Å². The fourth-order valence-electron chi connectivity index (χ4n) is 1.70. The summed E-state index contributed by atoms with van der Waals surface area (Å²) >= 11 is 0. The summed E-state index contributed by atoms with van der Waals surface area (Å²) in [5, 5.41) is 9.48. The first kappa shape index (κ1) is 8.79. The van der Waals surface area contributed by atoms with E-state index in [9.17, 15) is 5.11 Å². The highest BCUT2D eigenvalue weighted by atomic mass is 16.3. The molecule has 1 rings (SSSR count). The summed E-state index contributed by atoms with van der Waals surface area (Å²) in [6, 6.07) is 0. The molecule has 0 radical (unpaired) electrons. The summed E-state index contributed by atoms with van der Waals surface area (Å²) in [7, 11) is 0. The van der Waals surface area contributed by atoms with Gasteiger partial charge in [0.1, 0.15) is 0 Å². The van der Waals surface area contributed by atoms with E-state index in [1.54, 1.807) is 0 Å². The maximum atomic E-state index is 9.48. The largest absolute Gasteiger partial charge is 0.389 e. The van der Waals surface area contributed by atoms with Crippen LogP contribution in [-0.2, 0) is 0 Å². The molecular formula is C10H18O. The lowest BCUT2D eigenvalue weighted by Crippen LogP contribution is -2.34. The molecule has 0 heterocycles. The van der Waals surface area contributed by atoms with Crippen LogP contribution in [0.5, 0.6) is 0 Å². The van der Waals surface area contributed by atoms with Gasteiger partial charge in [-0.25, -0.2) is 0 Å². The van der Waals surface area contributed by atoms with Crippen LogP contribution >= 0.6 is 0 Å². The molecule has 0 aromatic carbocycles. The Bertz CT molecular complexity index is 170. The molecule has 0 aromatic heterocycles. The van der Waals surface area contributed by atoms with E-state index < -0.39 is 0 Å². The van der Waals surface area contributed by atoms with Gasteiger partial charge in [0.05, 0.1) is 6.10 Å². The Morgan fingerprint density at radius 2 is 2.09 bits per heavy atom. The molecule has 0 amide bonds. The van der Waals surface area contributed by atoms with Gasteiger partial charge in [-0.3, -0.25) is 0 Å². The number of hydrogen-bond donors (Lipinski definition) is 1. The van der Waals surface area contributed by atoms with E-state index >= 15 is 0 Å². The van der Waals surface area contributed by atoms with Crippen LogP contribution in [0.3, 0.4) is 0 Å². The lowest BCUT2D eigenvalue weighted by molar-refractivity contribution is 0.0946. The fourth-order valence-corrected chi connectivity index (χ4v) is 1.70. The van der Waals surface area contributed by atoms with Crippen LogP contribution in [-0.4, -0.2) is 11.2 Å². The van der Waals surface area contributed by atoms with Crippen molar-refractivity contribution in [2.45, 2.75) is 39.7 Å². The maximum absolute atomic E-state index is 9.48. The highest BCUT2D eigenvalue weighted by Crippen LogP contribution is 2.42. The molecule has 0 aromatic rings. The average Bonchev–Trinajstić information content (AvgIpc) is 1.95. The van der Waals surface area contributed by atoms with E-state index in [0.29, 0.717) is 11.3 Å². The van der Waals surface area contributed by atoms with Crippen molar-refractivity contribution in [3.63, 3.8) is 0 Å². The minimum absolute atomic E-state index is 0.252. The van der Waals surface area contributed by atoms with Gasteiger partial charge in [-0.2, -0.15) is 0 Å². The highest BCUT2D eigenvalue weighted by molar-refractivity contribution is 5.13. The number of hydrogen-bond acceptors (Lipinski definition) is 1. The van der Waals surface area contributed by atoms with E-state index in [2.05, 4.69) is 27.4 Å². The van der Waals surface area contributed by atoms with Crippen LogP contribution in [0.25, 0.3) is 0 Å². The van der Waals surface area contributed by atoms with Crippen molar-refractivity contribution >= 4 is 0 Å². The Kier molecular flexibility index (Phi) is 2.10. The molecule has 0 unspecified atom stereocenters. The average molecular weight is 154 g/mol. The number of aliphatic hydroxyl groups excluding tert-OH is 1. The first-order valence-corrected chi connectivity index (χ1v) is 4.32. The Labute approximate surface area is 69.1 Å².